The Labute approximate surface area is 87.2 Å². The number of nitrogens with zero attached hydrogens (tertiary/aromatic N) is 2. The van der Waals surface area contributed by atoms with E-state index in [4.69, 9.17) is 0 Å². The predicted octanol–water partition coefficient (Wildman–Crippen LogP) is 1.61. The molecule has 0 unspecified atom stereocenters. The summed E-state index contributed by atoms with van der Waals surface area (Å²) in [5.41, 5.74) is 1.23. The number of carbonyl (C=O) groups is 2. The van der Waals surface area contributed by atoms with Gasteiger partial charge in [-0.15, -0.1) is 0 Å². The lowest BCUT2D eigenvalue weighted by Gasteiger charge is -2.12. The van der Waals surface area contributed by atoms with Crippen LogP contribution in [0.15, 0.2) is 29.4 Å². The molecule has 0 aliphatic carbocycles. The van der Waals surface area contributed by atoms with Gasteiger partial charge < -0.3 is 0 Å². The summed E-state index contributed by atoms with van der Waals surface area (Å²) >= 11 is 0. The van der Waals surface area contributed by atoms with E-state index in [1.165, 1.54) is 11.9 Å². The minimum absolute atomic E-state index is 0.0209. The molecule has 0 spiro atoms. The molecule has 0 radical (unpaired) electrons. The zero-order valence-electron chi connectivity index (χ0n) is 8.30. The summed E-state index contributed by atoms with van der Waals surface area (Å²) in [4.78, 5) is 22.5. The van der Waals surface area contributed by atoms with Gasteiger partial charge in [-0.3, -0.25) is 9.59 Å². The van der Waals surface area contributed by atoms with Crippen LogP contribution in [0.1, 0.15) is 23.7 Å². The Balaban J connectivity index is 2.36. The van der Waals surface area contributed by atoms with E-state index in [0.29, 0.717) is 17.7 Å². The minimum Gasteiger partial charge on any atom is -0.295 e. The van der Waals surface area contributed by atoms with E-state index in [-0.39, 0.29) is 11.7 Å². The van der Waals surface area contributed by atoms with Crippen molar-refractivity contribution >= 4 is 23.6 Å². The molecule has 15 heavy (non-hydrogen) atoms. The number of ketones is 1. The number of amides is 1. The molecule has 76 valence electrons. The first-order valence-electron chi connectivity index (χ1n) is 4.65. The van der Waals surface area contributed by atoms with Gasteiger partial charge in [0.2, 0.25) is 0 Å². The third kappa shape index (κ3) is 1.79. The van der Waals surface area contributed by atoms with Crippen LogP contribution in [0.5, 0.6) is 0 Å². The van der Waals surface area contributed by atoms with Crippen LogP contribution < -0.4 is 5.01 Å². The summed E-state index contributed by atoms with van der Waals surface area (Å²) in [6, 6.07) is 6.89. The van der Waals surface area contributed by atoms with Crippen LogP contribution in [0.4, 0.5) is 5.69 Å². The average molecular weight is 202 g/mol. The van der Waals surface area contributed by atoms with Crippen LogP contribution in [0.3, 0.4) is 0 Å². The van der Waals surface area contributed by atoms with E-state index >= 15 is 0 Å². The van der Waals surface area contributed by atoms with Crippen molar-refractivity contribution in [1.82, 2.24) is 0 Å². The van der Waals surface area contributed by atoms with Crippen molar-refractivity contribution < 1.29 is 9.59 Å². The first kappa shape index (κ1) is 9.58. The van der Waals surface area contributed by atoms with E-state index in [9.17, 15) is 9.59 Å². The lowest BCUT2D eigenvalue weighted by Crippen LogP contribution is -2.19. The molecule has 1 aromatic rings. The van der Waals surface area contributed by atoms with Crippen molar-refractivity contribution in [3.05, 3.63) is 29.8 Å². The fourth-order valence-corrected chi connectivity index (χ4v) is 1.42. The molecule has 1 heterocycles. The van der Waals surface area contributed by atoms with Crippen LogP contribution in [0, 0.1) is 0 Å². The van der Waals surface area contributed by atoms with Gasteiger partial charge in [0.25, 0.3) is 5.91 Å². The normalized spacial score (nSPS) is 14.7. The fraction of sp³-hybridized carbons (Fsp3) is 0.182. The molecule has 0 fully saturated rings. The third-order valence-electron chi connectivity index (χ3n) is 2.20. The molecule has 0 atom stereocenters. The summed E-state index contributed by atoms with van der Waals surface area (Å²) in [7, 11) is 0. The Morgan fingerprint density at radius 2 is 2.27 bits per heavy atom. The lowest BCUT2D eigenvalue weighted by molar-refractivity contribution is -0.116. The highest BCUT2D eigenvalue weighted by atomic mass is 16.2. The van der Waals surface area contributed by atoms with Crippen LogP contribution in [-0.2, 0) is 4.79 Å². The molecule has 0 aromatic heterocycles. The van der Waals surface area contributed by atoms with Gasteiger partial charge in [0.05, 0.1) is 12.1 Å². The SMILES string of the molecule is CC(=O)c1cccc(N2N=CCC2=O)c1. The summed E-state index contributed by atoms with van der Waals surface area (Å²) in [5, 5.41) is 5.25. The molecule has 1 aliphatic rings. The fourth-order valence-electron chi connectivity index (χ4n) is 1.42. The topological polar surface area (TPSA) is 49.7 Å². The van der Waals surface area contributed by atoms with Gasteiger partial charge in [0.1, 0.15) is 0 Å². The molecule has 1 amide bonds. The third-order valence-corrected chi connectivity index (χ3v) is 2.20. The summed E-state index contributed by atoms with van der Waals surface area (Å²) < 4.78 is 0. The van der Waals surface area contributed by atoms with E-state index < -0.39 is 0 Å². The summed E-state index contributed by atoms with van der Waals surface area (Å²) in [5.74, 6) is -0.0943. The number of benzene rings is 1. The minimum atomic E-state index is -0.0734. The number of rotatable bonds is 2. The molecule has 4 heteroatoms. The average Bonchev–Trinajstić information content (AvgIpc) is 2.64. The van der Waals surface area contributed by atoms with Gasteiger partial charge >= 0.3 is 0 Å². The first-order chi connectivity index (χ1) is 7.18. The number of hydrazone groups is 1. The summed E-state index contributed by atoms with van der Waals surface area (Å²) in [6.07, 6.45) is 1.88. The molecule has 4 nitrogen and oxygen atoms in total. The van der Waals surface area contributed by atoms with Crippen LogP contribution in [0.2, 0.25) is 0 Å². The molecular weight excluding hydrogens is 192 g/mol. The van der Waals surface area contributed by atoms with Crippen molar-refractivity contribution in [1.29, 1.82) is 0 Å². The second-order valence-corrected chi connectivity index (χ2v) is 3.31. The highest BCUT2D eigenvalue weighted by Crippen LogP contribution is 2.19. The Hall–Kier alpha value is -1.97. The van der Waals surface area contributed by atoms with Gasteiger partial charge in [0, 0.05) is 11.8 Å². The maximum Gasteiger partial charge on any atom is 0.252 e. The second-order valence-electron chi connectivity index (χ2n) is 3.31. The molecule has 0 N–H and O–H groups in total. The zero-order valence-corrected chi connectivity index (χ0v) is 8.30. The maximum atomic E-state index is 11.4. The van der Waals surface area contributed by atoms with Crippen molar-refractivity contribution in [3.8, 4) is 0 Å². The number of carbonyl (C=O) groups excluding carboxylic acids is 2. The van der Waals surface area contributed by atoms with Crippen molar-refractivity contribution in [3.63, 3.8) is 0 Å². The van der Waals surface area contributed by atoms with Gasteiger partial charge in [-0.25, -0.2) is 5.01 Å². The number of anilines is 1. The predicted molar refractivity (Wildman–Crippen MR) is 57.0 cm³/mol. The largest absolute Gasteiger partial charge is 0.295 e. The van der Waals surface area contributed by atoms with Crippen LogP contribution in [-0.4, -0.2) is 17.9 Å². The molecule has 1 aliphatic heterocycles. The summed E-state index contributed by atoms with van der Waals surface area (Å²) in [6.45, 7) is 1.49. The molecule has 0 saturated heterocycles. The highest BCUT2D eigenvalue weighted by molar-refractivity contribution is 6.06. The quantitative estimate of drug-likeness (QED) is 0.684. The Kier molecular flexibility index (Phi) is 2.33. The van der Waals surface area contributed by atoms with Crippen molar-refractivity contribution in [2.45, 2.75) is 13.3 Å². The van der Waals surface area contributed by atoms with E-state index in [0.717, 1.165) is 0 Å². The zero-order chi connectivity index (χ0) is 10.8. The molecule has 0 saturated carbocycles. The Morgan fingerprint density at radius 1 is 1.47 bits per heavy atom. The van der Waals surface area contributed by atoms with Gasteiger partial charge in [-0.1, -0.05) is 12.1 Å². The monoisotopic (exact) mass is 202 g/mol. The van der Waals surface area contributed by atoms with Crippen molar-refractivity contribution in [2.75, 3.05) is 5.01 Å². The van der Waals surface area contributed by atoms with Crippen molar-refractivity contribution in [2.24, 2.45) is 5.10 Å². The molecule has 1 aromatic carbocycles. The smallest absolute Gasteiger partial charge is 0.252 e. The lowest BCUT2D eigenvalue weighted by atomic mass is 10.1. The highest BCUT2D eigenvalue weighted by Gasteiger charge is 2.18. The molecular formula is C11H10N2O2. The number of Topliss-reactive ketones (excluding diaryl/α,β-unsaturated/α-hetero) is 1. The van der Waals surface area contributed by atoms with Crippen LogP contribution >= 0.6 is 0 Å². The number of hydrogen-bond acceptors (Lipinski definition) is 3. The standard InChI is InChI=1S/C11H10N2O2/c1-8(14)9-3-2-4-10(7-9)13-11(15)5-6-12-13/h2-4,6-7H,5H2,1H3. The van der Waals surface area contributed by atoms with E-state index in [2.05, 4.69) is 5.10 Å². The Morgan fingerprint density at radius 3 is 2.87 bits per heavy atom. The van der Waals surface area contributed by atoms with E-state index in [1.807, 2.05) is 0 Å². The maximum absolute atomic E-state index is 11.4. The first-order valence-corrected chi connectivity index (χ1v) is 4.65. The van der Waals surface area contributed by atoms with Gasteiger partial charge in [-0.2, -0.15) is 5.10 Å². The number of hydrogen-bond donors (Lipinski definition) is 0. The van der Waals surface area contributed by atoms with Crippen LogP contribution in [0.25, 0.3) is 0 Å². The Bertz CT molecular complexity index is 452. The van der Waals surface area contributed by atoms with E-state index in [1.54, 1.807) is 30.5 Å². The molecule has 2 rings (SSSR count). The van der Waals surface area contributed by atoms with Gasteiger partial charge in [0.15, 0.2) is 5.78 Å². The van der Waals surface area contributed by atoms with Gasteiger partial charge in [-0.05, 0) is 19.1 Å². The second kappa shape index (κ2) is 3.65. The molecule has 0 bridgehead atoms.